The van der Waals surface area contributed by atoms with Crippen LogP contribution in [0.2, 0.25) is 0 Å². The number of methoxy groups -OCH3 is 1. The van der Waals surface area contributed by atoms with Gasteiger partial charge in [-0.3, -0.25) is 0 Å². The summed E-state index contributed by atoms with van der Waals surface area (Å²) in [4.78, 5) is 0. The molecule has 1 heterocycles. The van der Waals surface area contributed by atoms with Crippen molar-refractivity contribution >= 4 is 15.9 Å². The Balaban J connectivity index is 2.50. The van der Waals surface area contributed by atoms with E-state index < -0.39 is 0 Å². The molecule has 1 aliphatic heterocycles. The molecule has 1 atom stereocenters. The first-order valence-corrected chi connectivity index (χ1v) is 6.23. The summed E-state index contributed by atoms with van der Waals surface area (Å²) < 4.78 is 6.07. The van der Waals surface area contributed by atoms with Gasteiger partial charge in [0.1, 0.15) is 0 Å². The highest BCUT2D eigenvalue weighted by molar-refractivity contribution is 9.10. The number of aromatic hydroxyl groups is 1. The number of hydrogen-bond acceptors (Lipinski definition) is 3. The van der Waals surface area contributed by atoms with Crippen LogP contribution in [0.5, 0.6) is 11.5 Å². The van der Waals surface area contributed by atoms with Crippen molar-refractivity contribution in [3.63, 3.8) is 0 Å². The van der Waals surface area contributed by atoms with E-state index in [-0.39, 0.29) is 5.75 Å². The van der Waals surface area contributed by atoms with Crippen molar-refractivity contribution in [2.75, 3.05) is 13.7 Å². The fraction of sp³-hybridized carbons (Fsp3) is 0.500. The van der Waals surface area contributed by atoms with Crippen LogP contribution in [0.25, 0.3) is 0 Å². The maximum atomic E-state index is 9.76. The Bertz CT molecular complexity index is 400. The smallest absolute Gasteiger partial charge is 0.175 e. The Morgan fingerprint density at radius 2 is 2.31 bits per heavy atom. The third-order valence-corrected chi connectivity index (χ3v) is 3.85. The first-order valence-electron chi connectivity index (χ1n) is 5.44. The fourth-order valence-electron chi connectivity index (χ4n) is 2.31. The van der Waals surface area contributed by atoms with E-state index in [1.165, 1.54) is 12.0 Å². The summed E-state index contributed by atoms with van der Waals surface area (Å²) in [6.45, 7) is 3.07. The zero-order chi connectivity index (χ0) is 11.7. The molecule has 1 aliphatic rings. The summed E-state index contributed by atoms with van der Waals surface area (Å²) in [5.41, 5.74) is 2.29. The zero-order valence-corrected chi connectivity index (χ0v) is 11.1. The van der Waals surface area contributed by atoms with Crippen molar-refractivity contribution in [2.24, 2.45) is 0 Å². The van der Waals surface area contributed by atoms with Gasteiger partial charge in [0, 0.05) is 6.04 Å². The highest BCUT2D eigenvalue weighted by Gasteiger charge is 2.24. The molecule has 0 spiro atoms. The Morgan fingerprint density at radius 1 is 1.56 bits per heavy atom. The Morgan fingerprint density at radius 3 is 2.88 bits per heavy atom. The molecule has 0 aliphatic carbocycles. The maximum absolute atomic E-state index is 9.76. The van der Waals surface area contributed by atoms with Crippen molar-refractivity contribution in [1.82, 2.24) is 5.32 Å². The van der Waals surface area contributed by atoms with E-state index in [4.69, 9.17) is 4.74 Å². The van der Waals surface area contributed by atoms with Gasteiger partial charge in [-0.25, -0.2) is 0 Å². The molecule has 0 bridgehead atoms. The number of nitrogens with one attached hydrogen (secondary N) is 1. The minimum Gasteiger partial charge on any atom is -0.504 e. The molecule has 1 fully saturated rings. The van der Waals surface area contributed by atoms with E-state index in [2.05, 4.69) is 21.2 Å². The molecular formula is C12H16BrNO2. The van der Waals surface area contributed by atoms with Crippen LogP contribution in [0.15, 0.2) is 10.5 Å². The molecule has 1 aromatic carbocycles. The largest absolute Gasteiger partial charge is 0.504 e. The lowest BCUT2D eigenvalue weighted by Crippen LogP contribution is -2.15. The summed E-state index contributed by atoms with van der Waals surface area (Å²) in [5, 5.41) is 13.2. The molecule has 1 aromatic rings. The lowest BCUT2D eigenvalue weighted by Gasteiger charge is -2.19. The van der Waals surface area contributed by atoms with Crippen LogP contribution in [0.1, 0.15) is 30.0 Å². The van der Waals surface area contributed by atoms with E-state index in [1.54, 1.807) is 13.2 Å². The molecule has 0 aromatic heterocycles. The summed E-state index contributed by atoms with van der Waals surface area (Å²) in [6, 6.07) is 2.13. The van der Waals surface area contributed by atoms with Gasteiger partial charge >= 0.3 is 0 Å². The second-order valence-electron chi connectivity index (χ2n) is 4.12. The SMILES string of the molecule is COc1c(O)cc(C)c(C2CCCN2)c1Br. The van der Waals surface area contributed by atoms with Crippen LogP contribution >= 0.6 is 15.9 Å². The summed E-state index contributed by atoms with van der Waals surface area (Å²) in [7, 11) is 1.57. The van der Waals surface area contributed by atoms with Gasteiger partial charge in [-0.15, -0.1) is 0 Å². The van der Waals surface area contributed by atoms with Gasteiger partial charge in [0.05, 0.1) is 11.6 Å². The van der Waals surface area contributed by atoms with Crippen LogP contribution in [-0.2, 0) is 0 Å². The summed E-state index contributed by atoms with van der Waals surface area (Å²) in [5.74, 6) is 0.711. The number of halogens is 1. The van der Waals surface area contributed by atoms with Crippen molar-refractivity contribution in [2.45, 2.75) is 25.8 Å². The van der Waals surface area contributed by atoms with Crippen LogP contribution in [0.4, 0.5) is 0 Å². The predicted molar refractivity (Wildman–Crippen MR) is 67.1 cm³/mol. The average molecular weight is 286 g/mol. The molecule has 1 saturated heterocycles. The molecule has 2 rings (SSSR count). The van der Waals surface area contributed by atoms with E-state index >= 15 is 0 Å². The molecule has 4 heteroatoms. The van der Waals surface area contributed by atoms with Crippen LogP contribution in [0.3, 0.4) is 0 Å². The summed E-state index contributed by atoms with van der Waals surface area (Å²) in [6.07, 6.45) is 2.33. The fourth-order valence-corrected chi connectivity index (χ4v) is 3.26. The van der Waals surface area contributed by atoms with E-state index in [0.717, 1.165) is 23.0 Å². The van der Waals surface area contributed by atoms with Gasteiger partial charge in [0.15, 0.2) is 11.5 Å². The Labute approximate surface area is 104 Å². The highest BCUT2D eigenvalue weighted by Crippen LogP contribution is 2.43. The Hall–Kier alpha value is -0.740. The molecular weight excluding hydrogens is 270 g/mol. The highest BCUT2D eigenvalue weighted by atomic mass is 79.9. The third-order valence-electron chi connectivity index (χ3n) is 3.06. The summed E-state index contributed by atoms with van der Waals surface area (Å²) >= 11 is 3.53. The molecule has 88 valence electrons. The number of aryl methyl sites for hydroxylation is 1. The monoisotopic (exact) mass is 285 g/mol. The lowest BCUT2D eigenvalue weighted by molar-refractivity contribution is 0.369. The predicted octanol–water partition coefficient (Wildman–Crippen LogP) is 2.90. The first-order chi connectivity index (χ1) is 7.65. The van der Waals surface area contributed by atoms with Crippen LogP contribution in [0, 0.1) is 6.92 Å². The standard InChI is InChI=1S/C12H16BrNO2/c1-7-6-9(15)12(16-2)11(13)10(7)8-4-3-5-14-8/h6,8,14-15H,3-5H2,1-2H3. The minimum absolute atomic E-state index is 0.189. The van der Waals surface area contributed by atoms with Gasteiger partial charge in [-0.05, 0) is 59.4 Å². The molecule has 0 saturated carbocycles. The average Bonchev–Trinajstić information content (AvgIpc) is 2.70. The van der Waals surface area contributed by atoms with Gasteiger partial charge < -0.3 is 15.2 Å². The van der Waals surface area contributed by atoms with Gasteiger partial charge in [0.2, 0.25) is 0 Å². The Kier molecular flexibility index (Phi) is 3.40. The number of benzene rings is 1. The third kappa shape index (κ3) is 1.92. The van der Waals surface area contributed by atoms with Crippen LogP contribution < -0.4 is 10.1 Å². The van der Waals surface area contributed by atoms with E-state index in [1.807, 2.05) is 6.92 Å². The molecule has 0 radical (unpaired) electrons. The first kappa shape index (κ1) is 11.7. The number of phenolic OH excluding ortho intramolecular Hbond substituents is 1. The maximum Gasteiger partial charge on any atom is 0.175 e. The van der Waals surface area contributed by atoms with Crippen molar-refractivity contribution in [3.05, 3.63) is 21.7 Å². The second-order valence-corrected chi connectivity index (χ2v) is 4.92. The zero-order valence-electron chi connectivity index (χ0n) is 9.51. The van der Waals surface area contributed by atoms with Gasteiger partial charge in [-0.2, -0.15) is 0 Å². The van der Waals surface area contributed by atoms with Crippen molar-refractivity contribution < 1.29 is 9.84 Å². The minimum atomic E-state index is 0.189. The normalized spacial score (nSPS) is 20.1. The molecule has 1 unspecified atom stereocenters. The molecule has 16 heavy (non-hydrogen) atoms. The quantitative estimate of drug-likeness (QED) is 0.878. The number of rotatable bonds is 2. The van der Waals surface area contributed by atoms with E-state index in [9.17, 15) is 5.11 Å². The number of phenols is 1. The van der Waals surface area contributed by atoms with Crippen molar-refractivity contribution in [1.29, 1.82) is 0 Å². The van der Waals surface area contributed by atoms with E-state index in [0.29, 0.717) is 11.8 Å². The molecule has 3 nitrogen and oxygen atoms in total. The molecule has 2 N–H and O–H groups in total. The van der Waals surface area contributed by atoms with Crippen LogP contribution in [-0.4, -0.2) is 18.8 Å². The topological polar surface area (TPSA) is 41.5 Å². The van der Waals surface area contributed by atoms with Gasteiger partial charge in [-0.1, -0.05) is 0 Å². The van der Waals surface area contributed by atoms with Gasteiger partial charge in [0.25, 0.3) is 0 Å². The number of hydrogen-bond donors (Lipinski definition) is 2. The molecule has 0 amide bonds. The van der Waals surface area contributed by atoms with Crippen molar-refractivity contribution in [3.8, 4) is 11.5 Å². The second kappa shape index (κ2) is 4.63. The lowest BCUT2D eigenvalue weighted by atomic mass is 9.99. The number of ether oxygens (including phenoxy) is 1.